The van der Waals surface area contributed by atoms with Gasteiger partial charge in [-0.05, 0) is 29.7 Å². The Morgan fingerprint density at radius 1 is 1.38 bits per heavy atom. The van der Waals surface area contributed by atoms with Crippen LogP contribution in [0.15, 0.2) is 41.0 Å². The molecule has 24 heavy (non-hydrogen) atoms. The van der Waals surface area contributed by atoms with Gasteiger partial charge in [0.05, 0.1) is 11.9 Å². The van der Waals surface area contributed by atoms with Crippen molar-refractivity contribution in [3.05, 3.63) is 47.3 Å². The second-order valence-electron chi connectivity index (χ2n) is 5.55. The third kappa shape index (κ3) is 4.80. The molecular weight excluding hydrogens is 353 g/mol. The molecule has 2 aliphatic rings. The molecule has 0 radical (unpaired) electrons. The highest BCUT2D eigenvalue weighted by Gasteiger charge is 2.21. The topological polar surface area (TPSA) is 64.9 Å². The lowest BCUT2D eigenvalue weighted by Crippen LogP contribution is -2.34. The number of carbonyl (C=O) groups is 1. The van der Waals surface area contributed by atoms with Crippen molar-refractivity contribution < 1.29 is 14.3 Å². The number of amides is 1. The quantitative estimate of drug-likeness (QED) is 0.850. The Labute approximate surface area is 150 Å². The van der Waals surface area contributed by atoms with Gasteiger partial charge in [0.15, 0.2) is 0 Å². The molecule has 2 N–H and O–H groups in total. The van der Waals surface area contributed by atoms with E-state index in [1.807, 2.05) is 0 Å². The van der Waals surface area contributed by atoms with Crippen LogP contribution in [0, 0.1) is 5.82 Å². The fraction of sp³-hybridized carbons (Fsp3) is 0.375. The number of aliphatic hydroxyl groups excluding tert-OH is 1. The maximum Gasteiger partial charge on any atom is 0.250 e. The largest absolute Gasteiger partial charge is 0.387 e. The van der Waals surface area contributed by atoms with Gasteiger partial charge in [-0.2, -0.15) is 5.10 Å². The molecule has 1 aromatic rings. The van der Waals surface area contributed by atoms with Crippen LogP contribution < -0.4 is 5.43 Å². The molecule has 130 valence electrons. The molecule has 1 atom stereocenters. The molecule has 1 amide bonds. The number of benzene rings is 1. The summed E-state index contributed by atoms with van der Waals surface area (Å²) < 4.78 is 12.9. The first-order valence-corrected chi connectivity index (χ1v) is 8.45. The number of hydrogen-bond acceptors (Lipinski definition) is 5. The first-order valence-electron chi connectivity index (χ1n) is 7.46. The standard InChI is InChI=1S/C16H18FN3O2S.ClH/c17-13-3-1-11(2-4-13)14(21)9-20-7-5-12(6-8-20)16-19-18-15(22)10-23-16;/h1-5,14,21H,6-10H2,(H,18,22);1H. The van der Waals surface area contributed by atoms with E-state index in [1.54, 1.807) is 12.1 Å². The monoisotopic (exact) mass is 371 g/mol. The van der Waals surface area contributed by atoms with Crippen LogP contribution in [0.1, 0.15) is 18.1 Å². The van der Waals surface area contributed by atoms with Gasteiger partial charge < -0.3 is 5.11 Å². The average molecular weight is 372 g/mol. The summed E-state index contributed by atoms with van der Waals surface area (Å²) in [5.74, 6) is 0.0342. The Bertz CT molecular complexity index is 651. The molecule has 2 aliphatic heterocycles. The van der Waals surface area contributed by atoms with Crippen LogP contribution in [0.5, 0.6) is 0 Å². The van der Waals surface area contributed by atoms with E-state index in [1.165, 1.54) is 23.9 Å². The Balaban J connectivity index is 0.00000208. The summed E-state index contributed by atoms with van der Waals surface area (Å²) in [5.41, 5.74) is 4.36. The number of hydrogen-bond donors (Lipinski definition) is 2. The normalized spacial score (nSPS) is 19.7. The number of nitrogens with zero attached hydrogens (tertiary/aromatic N) is 2. The lowest BCUT2D eigenvalue weighted by Gasteiger charge is -2.29. The lowest BCUT2D eigenvalue weighted by atomic mass is 10.1. The Hall–Kier alpha value is -1.41. The molecular formula is C16H19ClFN3O2S. The highest BCUT2D eigenvalue weighted by atomic mass is 35.5. The third-order valence-corrected chi connectivity index (χ3v) is 4.91. The molecule has 2 heterocycles. The minimum Gasteiger partial charge on any atom is -0.387 e. The van der Waals surface area contributed by atoms with E-state index >= 15 is 0 Å². The molecule has 0 saturated carbocycles. The van der Waals surface area contributed by atoms with E-state index in [0.717, 1.165) is 35.7 Å². The number of β-amino-alcohol motifs (C(OH)–C–C–N with tert-alkyl or cyclic N) is 1. The van der Waals surface area contributed by atoms with Crippen molar-refractivity contribution >= 4 is 35.1 Å². The number of nitrogens with one attached hydrogen (secondary N) is 1. The summed E-state index contributed by atoms with van der Waals surface area (Å²) in [4.78, 5) is 13.2. The molecule has 0 fully saturated rings. The number of carbonyl (C=O) groups excluding carboxylic acids is 1. The predicted molar refractivity (Wildman–Crippen MR) is 95.8 cm³/mol. The van der Waals surface area contributed by atoms with Crippen molar-refractivity contribution in [1.82, 2.24) is 10.3 Å². The number of halogens is 2. The second-order valence-corrected chi connectivity index (χ2v) is 6.51. The van der Waals surface area contributed by atoms with Crippen LogP contribution in [0.4, 0.5) is 4.39 Å². The average Bonchev–Trinajstić information content (AvgIpc) is 2.57. The van der Waals surface area contributed by atoms with Crippen molar-refractivity contribution in [3.63, 3.8) is 0 Å². The van der Waals surface area contributed by atoms with Crippen LogP contribution in [0.3, 0.4) is 0 Å². The van der Waals surface area contributed by atoms with Gasteiger partial charge in [-0.3, -0.25) is 9.69 Å². The first kappa shape index (κ1) is 18.9. The van der Waals surface area contributed by atoms with E-state index in [9.17, 15) is 14.3 Å². The third-order valence-electron chi connectivity index (χ3n) is 3.88. The van der Waals surface area contributed by atoms with E-state index in [4.69, 9.17) is 0 Å². The van der Waals surface area contributed by atoms with E-state index in [0.29, 0.717) is 12.3 Å². The fourth-order valence-electron chi connectivity index (χ4n) is 2.58. The van der Waals surface area contributed by atoms with Crippen molar-refractivity contribution in [2.75, 3.05) is 25.4 Å². The maximum absolute atomic E-state index is 12.9. The zero-order valence-electron chi connectivity index (χ0n) is 12.9. The van der Waals surface area contributed by atoms with Gasteiger partial charge in [0, 0.05) is 19.6 Å². The zero-order valence-corrected chi connectivity index (χ0v) is 14.6. The van der Waals surface area contributed by atoms with Crippen molar-refractivity contribution in [2.24, 2.45) is 5.10 Å². The Morgan fingerprint density at radius 2 is 2.12 bits per heavy atom. The molecule has 0 bridgehead atoms. The van der Waals surface area contributed by atoms with Crippen LogP contribution in [-0.2, 0) is 4.79 Å². The van der Waals surface area contributed by atoms with Gasteiger partial charge >= 0.3 is 0 Å². The molecule has 1 unspecified atom stereocenters. The van der Waals surface area contributed by atoms with Gasteiger partial charge in [0.25, 0.3) is 5.91 Å². The lowest BCUT2D eigenvalue weighted by molar-refractivity contribution is -0.118. The summed E-state index contributed by atoms with van der Waals surface area (Å²) in [6.07, 6.45) is 2.29. The molecule has 1 aromatic carbocycles. The summed E-state index contributed by atoms with van der Waals surface area (Å²) in [5, 5.41) is 15.2. The minimum atomic E-state index is -0.633. The summed E-state index contributed by atoms with van der Waals surface area (Å²) in [6, 6.07) is 5.95. The van der Waals surface area contributed by atoms with Crippen LogP contribution in [-0.4, -0.2) is 46.3 Å². The Morgan fingerprint density at radius 3 is 2.71 bits per heavy atom. The highest BCUT2D eigenvalue weighted by Crippen LogP contribution is 2.23. The molecule has 0 spiro atoms. The summed E-state index contributed by atoms with van der Waals surface area (Å²) in [6.45, 7) is 2.05. The molecule has 0 aliphatic carbocycles. The van der Waals surface area contributed by atoms with Crippen molar-refractivity contribution in [1.29, 1.82) is 0 Å². The fourth-order valence-corrected chi connectivity index (χ4v) is 3.40. The number of hydrazone groups is 1. The molecule has 0 saturated heterocycles. The minimum absolute atomic E-state index is 0. The SMILES string of the molecule is Cl.O=C1CSC(C2=CCN(CC(O)c3ccc(F)cc3)CC2)=NN1. The molecule has 0 aromatic heterocycles. The van der Waals surface area contributed by atoms with E-state index < -0.39 is 6.10 Å². The van der Waals surface area contributed by atoms with Crippen LogP contribution in [0.2, 0.25) is 0 Å². The Kier molecular flexibility index (Phi) is 6.79. The molecule has 5 nitrogen and oxygen atoms in total. The maximum atomic E-state index is 12.9. The van der Waals surface area contributed by atoms with E-state index in [2.05, 4.69) is 21.5 Å². The van der Waals surface area contributed by atoms with Gasteiger partial charge in [-0.1, -0.05) is 30.0 Å². The van der Waals surface area contributed by atoms with Crippen molar-refractivity contribution in [3.8, 4) is 0 Å². The van der Waals surface area contributed by atoms with Crippen molar-refractivity contribution in [2.45, 2.75) is 12.5 Å². The molecule has 8 heteroatoms. The summed E-state index contributed by atoms with van der Waals surface area (Å²) in [7, 11) is 0. The first-order chi connectivity index (χ1) is 11.1. The number of rotatable bonds is 4. The smallest absolute Gasteiger partial charge is 0.250 e. The highest BCUT2D eigenvalue weighted by molar-refractivity contribution is 8.15. The predicted octanol–water partition coefficient (Wildman–Crippen LogP) is 2.09. The molecule has 3 rings (SSSR count). The van der Waals surface area contributed by atoms with Gasteiger partial charge in [-0.15, -0.1) is 12.4 Å². The van der Waals surface area contributed by atoms with Crippen LogP contribution >= 0.6 is 24.2 Å². The summed E-state index contributed by atoms with van der Waals surface area (Å²) >= 11 is 1.46. The number of thioether (sulfide) groups is 1. The van der Waals surface area contributed by atoms with Gasteiger partial charge in [0.1, 0.15) is 10.9 Å². The van der Waals surface area contributed by atoms with Crippen LogP contribution in [0.25, 0.3) is 0 Å². The van der Waals surface area contributed by atoms with Gasteiger partial charge in [0.2, 0.25) is 0 Å². The van der Waals surface area contributed by atoms with E-state index in [-0.39, 0.29) is 24.1 Å². The number of aliphatic hydroxyl groups is 1. The zero-order chi connectivity index (χ0) is 16.2. The van der Waals surface area contributed by atoms with Gasteiger partial charge in [-0.25, -0.2) is 9.82 Å². The second kappa shape index (κ2) is 8.62.